The van der Waals surface area contributed by atoms with Crippen LogP contribution < -0.4 is 0 Å². The Kier molecular flexibility index (Phi) is 1.06. The van der Waals surface area contributed by atoms with Gasteiger partial charge in [0.1, 0.15) is 5.78 Å². The summed E-state index contributed by atoms with van der Waals surface area (Å²) in [5.74, 6) is 3.40. The third-order valence-electron chi connectivity index (χ3n) is 4.75. The highest BCUT2D eigenvalue weighted by Gasteiger charge is 2.61. The van der Waals surface area contributed by atoms with Crippen LogP contribution in [0.4, 0.5) is 0 Å². The number of hydrogen-bond acceptors (Lipinski definition) is 1. The van der Waals surface area contributed by atoms with Gasteiger partial charge in [-0.15, -0.1) is 0 Å². The highest BCUT2D eigenvalue weighted by molar-refractivity contribution is 5.89. The van der Waals surface area contributed by atoms with Crippen LogP contribution in [0.2, 0.25) is 0 Å². The molecule has 0 aromatic carbocycles. The lowest BCUT2D eigenvalue weighted by Crippen LogP contribution is -2.61. The molecule has 0 heterocycles. The molecule has 0 spiro atoms. The molecule has 0 aromatic rings. The summed E-state index contributed by atoms with van der Waals surface area (Å²) < 4.78 is 0. The molecule has 2 atom stereocenters. The Morgan fingerprint density at radius 3 is 2.17 bits per heavy atom. The number of fused-ring (bicyclic) bond motifs is 1. The van der Waals surface area contributed by atoms with Crippen LogP contribution in [-0.2, 0) is 4.79 Å². The molecule has 0 radical (unpaired) electrons. The van der Waals surface area contributed by atoms with Crippen LogP contribution >= 0.6 is 0 Å². The van der Waals surface area contributed by atoms with Gasteiger partial charge in [-0.3, -0.25) is 4.79 Å². The number of Topliss-reactive ketones (excluding diaryl/α,β-unsaturated/α-hetero) is 1. The first kappa shape index (κ1) is 7.11. The topological polar surface area (TPSA) is 17.1 Å². The molecule has 0 aromatic heterocycles. The molecule has 5 rings (SSSR count). The van der Waals surface area contributed by atoms with Gasteiger partial charge in [-0.05, 0) is 37.0 Å². The number of carbonyl (C=O) groups excluding carboxylic acids is 1. The van der Waals surface area contributed by atoms with E-state index in [0.717, 1.165) is 17.8 Å². The van der Waals surface area contributed by atoms with Gasteiger partial charge in [0.2, 0.25) is 0 Å². The normalized spacial score (nSPS) is 53.7. The van der Waals surface area contributed by atoms with Gasteiger partial charge in [0.25, 0.3) is 0 Å². The molecule has 1 heteroatoms. The molecule has 4 bridgehead atoms. The molecular weight excluding hydrogens is 148 g/mol. The van der Waals surface area contributed by atoms with Crippen molar-refractivity contribution in [2.45, 2.75) is 33.1 Å². The Bertz CT molecular complexity index is 242. The van der Waals surface area contributed by atoms with E-state index in [4.69, 9.17) is 0 Å². The van der Waals surface area contributed by atoms with Gasteiger partial charge < -0.3 is 0 Å². The first-order valence-corrected chi connectivity index (χ1v) is 5.15. The summed E-state index contributed by atoms with van der Waals surface area (Å²) >= 11 is 0. The molecule has 5 saturated carbocycles. The molecule has 0 N–H and O–H groups in total. The number of rotatable bonds is 0. The van der Waals surface area contributed by atoms with Crippen molar-refractivity contribution in [2.24, 2.45) is 29.1 Å². The summed E-state index contributed by atoms with van der Waals surface area (Å²) in [6.07, 6.45) is 4.06. The minimum absolute atomic E-state index is 0.0259. The average Bonchev–Trinajstić information content (AvgIpc) is 2.01. The van der Waals surface area contributed by atoms with Crippen molar-refractivity contribution in [1.82, 2.24) is 0 Å². The zero-order chi connectivity index (χ0) is 8.51. The van der Waals surface area contributed by atoms with Gasteiger partial charge >= 0.3 is 0 Å². The summed E-state index contributed by atoms with van der Waals surface area (Å²) in [5, 5.41) is 0. The molecule has 66 valence electrons. The van der Waals surface area contributed by atoms with Crippen LogP contribution in [0, 0.1) is 29.1 Å². The van der Waals surface area contributed by atoms with Gasteiger partial charge in [-0.2, -0.15) is 0 Å². The van der Waals surface area contributed by atoms with E-state index in [-0.39, 0.29) is 5.41 Å². The van der Waals surface area contributed by atoms with Crippen molar-refractivity contribution < 1.29 is 4.79 Å². The molecule has 0 amide bonds. The fourth-order valence-electron chi connectivity index (χ4n) is 3.83. The largest absolute Gasteiger partial charge is 0.299 e. The first-order valence-electron chi connectivity index (χ1n) is 5.15. The van der Waals surface area contributed by atoms with Crippen LogP contribution in [0.1, 0.15) is 33.1 Å². The van der Waals surface area contributed by atoms with Crippen molar-refractivity contribution in [3.63, 3.8) is 0 Å². The molecule has 1 nitrogen and oxygen atoms in total. The summed E-state index contributed by atoms with van der Waals surface area (Å²) in [7, 11) is 0. The first-order chi connectivity index (χ1) is 5.60. The van der Waals surface area contributed by atoms with Gasteiger partial charge in [0.15, 0.2) is 0 Å². The van der Waals surface area contributed by atoms with E-state index < -0.39 is 0 Å². The van der Waals surface area contributed by atoms with Gasteiger partial charge in [-0.25, -0.2) is 0 Å². The Morgan fingerprint density at radius 2 is 1.75 bits per heavy atom. The zero-order valence-electron chi connectivity index (χ0n) is 7.84. The number of carbonyl (C=O) groups is 1. The van der Waals surface area contributed by atoms with E-state index in [0.29, 0.717) is 11.7 Å². The van der Waals surface area contributed by atoms with Gasteiger partial charge in [0.05, 0.1) is 0 Å². The van der Waals surface area contributed by atoms with E-state index in [1.54, 1.807) is 0 Å². The lowest BCUT2D eigenvalue weighted by Gasteiger charge is -2.61. The van der Waals surface area contributed by atoms with E-state index in [1.807, 2.05) is 0 Å². The van der Waals surface area contributed by atoms with Crippen molar-refractivity contribution >= 4 is 5.78 Å². The molecule has 5 aliphatic rings. The second-order valence-electron chi connectivity index (χ2n) is 5.54. The van der Waals surface area contributed by atoms with Gasteiger partial charge in [-0.1, -0.05) is 13.8 Å². The predicted octanol–water partition coefficient (Wildman–Crippen LogP) is 2.26. The predicted molar refractivity (Wildman–Crippen MR) is 46.6 cm³/mol. The van der Waals surface area contributed by atoms with Crippen LogP contribution in [0.25, 0.3) is 0 Å². The molecule has 2 unspecified atom stereocenters. The second kappa shape index (κ2) is 1.78. The maximum absolute atomic E-state index is 11.9. The average molecular weight is 164 g/mol. The molecule has 0 saturated heterocycles. The van der Waals surface area contributed by atoms with Crippen LogP contribution in [0.5, 0.6) is 0 Å². The molecule has 12 heavy (non-hydrogen) atoms. The lowest BCUT2D eigenvalue weighted by atomic mass is 9.41. The smallest absolute Gasteiger partial charge is 0.142 e. The third kappa shape index (κ3) is 0.571. The molecular formula is C11H16O. The highest BCUT2D eigenvalue weighted by Crippen LogP contribution is 2.63. The Morgan fingerprint density at radius 1 is 1.17 bits per heavy atom. The standard InChI is InChI=1S/C11H16O/c1-11(2)8-4-6-3-7(5-8)9(6)10(11)12/h6-9H,3-5H2,1-2H3. The summed E-state index contributed by atoms with van der Waals surface area (Å²) in [6, 6.07) is 0. The summed E-state index contributed by atoms with van der Waals surface area (Å²) in [4.78, 5) is 11.9. The number of hydrogen-bond donors (Lipinski definition) is 0. The van der Waals surface area contributed by atoms with E-state index in [2.05, 4.69) is 13.8 Å². The summed E-state index contributed by atoms with van der Waals surface area (Å²) in [6.45, 7) is 4.32. The Labute approximate surface area is 73.5 Å². The van der Waals surface area contributed by atoms with Crippen molar-refractivity contribution in [2.75, 3.05) is 0 Å². The van der Waals surface area contributed by atoms with Crippen LogP contribution in [0.15, 0.2) is 0 Å². The van der Waals surface area contributed by atoms with E-state index >= 15 is 0 Å². The highest BCUT2D eigenvalue weighted by atomic mass is 16.1. The number of ketones is 1. The SMILES string of the molecule is CC1(C)C(=O)C2C3CC2CC1C3. The Hall–Kier alpha value is -0.330. The maximum Gasteiger partial charge on any atom is 0.142 e. The fourth-order valence-corrected chi connectivity index (χ4v) is 3.83. The van der Waals surface area contributed by atoms with Crippen molar-refractivity contribution in [3.05, 3.63) is 0 Å². The van der Waals surface area contributed by atoms with Crippen LogP contribution in [0.3, 0.4) is 0 Å². The van der Waals surface area contributed by atoms with Crippen molar-refractivity contribution in [3.8, 4) is 0 Å². The zero-order valence-corrected chi connectivity index (χ0v) is 7.84. The summed E-state index contributed by atoms with van der Waals surface area (Å²) in [5.41, 5.74) is 0.0259. The third-order valence-corrected chi connectivity index (χ3v) is 4.75. The molecule has 0 aliphatic heterocycles. The van der Waals surface area contributed by atoms with Crippen LogP contribution in [-0.4, -0.2) is 5.78 Å². The van der Waals surface area contributed by atoms with Gasteiger partial charge in [0, 0.05) is 11.3 Å². The van der Waals surface area contributed by atoms with Crippen molar-refractivity contribution in [1.29, 1.82) is 0 Å². The quantitative estimate of drug-likeness (QED) is 0.536. The Balaban J connectivity index is 2.02. The minimum atomic E-state index is 0.0259. The molecule has 5 fully saturated rings. The monoisotopic (exact) mass is 164 g/mol. The fraction of sp³-hybridized carbons (Fsp3) is 0.909. The second-order valence-corrected chi connectivity index (χ2v) is 5.54. The van der Waals surface area contributed by atoms with E-state index in [1.165, 1.54) is 19.3 Å². The van der Waals surface area contributed by atoms with E-state index in [9.17, 15) is 4.79 Å². The molecule has 5 aliphatic carbocycles. The minimum Gasteiger partial charge on any atom is -0.299 e. The lowest BCUT2D eigenvalue weighted by molar-refractivity contribution is -0.172. The maximum atomic E-state index is 11.9.